The van der Waals surface area contributed by atoms with Crippen molar-refractivity contribution < 1.29 is 4.79 Å². The van der Waals surface area contributed by atoms with Gasteiger partial charge in [-0.3, -0.25) is 14.6 Å². The first-order chi connectivity index (χ1) is 12.1. The Kier molecular flexibility index (Phi) is 4.69. The summed E-state index contributed by atoms with van der Waals surface area (Å²) in [7, 11) is 0. The average Bonchev–Trinajstić information content (AvgIpc) is 3.00. The maximum Gasteiger partial charge on any atom is 0.342 e. The Labute approximate surface area is 140 Å². The molecule has 0 saturated carbocycles. The topological polar surface area (TPSA) is 148 Å². The van der Waals surface area contributed by atoms with Gasteiger partial charge in [0.05, 0.1) is 6.21 Å². The lowest BCUT2D eigenvalue weighted by molar-refractivity contribution is -0.120. The molecule has 2 heterocycles. The molecule has 0 radical (unpaired) electrons. The second kappa shape index (κ2) is 7.25. The van der Waals surface area contributed by atoms with Crippen LogP contribution in [0.25, 0.3) is 10.9 Å². The molecule has 0 aliphatic rings. The van der Waals surface area contributed by atoms with Crippen molar-refractivity contribution in [2.24, 2.45) is 5.10 Å². The van der Waals surface area contributed by atoms with Gasteiger partial charge in [-0.1, -0.05) is 18.2 Å². The van der Waals surface area contributed by atoms with Crippen LogP contribution in [0.5, 0.6) is 0 Å². The minimum absolute atomic E-state index is 0.0605. The Balaban J connectivity index is 1.49. The maximum absolute atomic E-state index is 11.7. The predicted molar refractivity (Wildman–Crippen MR) is 92.6 cm³/mol. The smallest absolute Gasteiger partial charge is 0.342 e. The number of carbonyl (C=O) groups excluding carboxylic acids is 1. The number of para-hydroxylation sites is 1. The molecule has 10 nitrogen and oxygen atoms in total. The lowest BCUT2D eigenvalue weighted by Gasteiger charge is -2.02. The Morgan fingerprint density at radius 1 is 1.28 bits per heavy atom. The fraction of sp³-hybridized carbons (Fsp3) is 0.133. The number of fused-ring (bicyclic) bond motifs is 1. The van der Waals surface area contributed by atoms with E-state index in [0.29, 0.717) is 0 Å². The van der Waals surface area contributed by atoms with Crippen molar-refractivity contribution in [2.45, 2.75) is 6.42 Å². The number of carbonyl (C=O) groups is 1. The fourth-order valence-corrected chi connectivity index (χ4v) is 2.19. The zero-order valence-corrected chi connectivity index (χ0v) is 13.0. The molecule has 10 heteroatoms. The Morgan fingerprint density at radius 2 is 2.12 bits per heavy atom. The summed E-state index contributed by atoms with van der Waals surface area (Å²) < 4.78 is 0. The van der Waals surface area contributed by atoms with E-state index < -0.39 is 11.2 Å². The molecule has 0 unspecified atom stereocenters. The van der Waals surface area contributed by atoms with Gasteiger partial charge in [-0.2, -0.15) is 5.10 Å². The lowest BCUT2D eigenvalue weighted by atomic mass is 10.2. The zero-order chi connectivity index (χ0) is 17.6. The van der Waals surface area contributed by atoms with Gasteiger partial charge in [0.1, 0.15) is 0 Å². The summed E-state index contributed by atoms with van der Waals surface area (Å²) >= 11 is 0. The van der Waals surface area contributed by atoms with Crippen LogP contribution in [0.1, 0.15) is 12.0 Å². The number of amides is 1. The third kappa shape index (κ3) is 3.99. The van der Waals surface area contributed by atoms with Crippen molar-refractivity contribution in [3.05, 3.63) is 56.9 Å². The van der Waals surface area contributed by atoms with Crippen LogP contribution in [0.4, 0.5) is 5.82 Å². The summed E-state index contributed by atoms with van der Waals surface area (Å²) in [6.45, 7) is 0.163. The number of aromatic nitrogens is 4. The number of hydrogen-bond acceptors (Lipinski definition) is 6. The number of anilines is 1. The molecule has 3 rings (SSSR count). The second-order valence-electron chi connectivity index (χ2n) is 5.12. The monoisotopic (exact) mass is 341 g/mol. The van der Waals surface area contributed by atoms with Crippen molar-refractivity contribution in [1.82, 2.24) is 25.6 Å². The van der Waals surface area contributed by atoms with E-state index in [1.54, 1.807) is 12.4 Å². The van der Waals surface area contributed by atoms with E-state index >= 15 is 0 Å². The highest BCUT2D eigenvalue weighted by Crippen LogP contribution is 2.15. The number of hydrazone groups is 1. The van der Waals surface area contributed by atoms with E-state index in [1.807, 2.05) is 29.2 Å². The second-order valence-corrected chi connectivity index (χ2v) is 5.12. The van der Waals surface area contributed by atoms with Gasteiger partial charge in [-0.15, -0.1) is 5.10 Å². The summed E-state index contributed by atoms with van der Waals surface area (Å²) in [5, 5.41) is 13.2. The molecule has 5 N–H and O–H groups in total. The molecular weight excluding hydrogens is 326 g/mol. The van der Waals surface area contributed by atoms with Gasteiger partial charge in [0, 0.05) is 35.6 Å². The van der Waals surface area contributed by atoms with Crippen LogP contribution < -0.4 is 22.0 Å². The third-order valence-corrected chi connectivity index (χ3v) is 3.37. The number of H-pyrrole nitrogens is 3. The van der Waals surface area contributed by atoms with Crippen molar-refractivity contribution in [2.75, 3.05) is 11.9 Å². The van der Waals surface area contributed by atoms with E-state index in [4.69, 9.17) is 0 Å². The number of nitrogens with one attached hydrogen (secondary N) is 5. The molecule has 0 atom stereocenters. The first-order valence-corrected chi connectivity index (χ1v) is 7.44. The number of benzene rings is 1. The molecule has 128 valence electrons. The highest BCUT2D eigenvalue weighted by molar-refractivity contribution is 5.99. The first-order valence-electron chi connectivity index (χ1n) is 7.44. The summed E-state index contributed by atoms with van der Waals surface area (Å²) in [5.74, 6) is -0.390. The fourth-order valence-electron chi connectivity index (χ4n) is 2.19. The van der Waals surface area contributed by atoms with Crippen LogP contribution in [0.15, 0.2) is 45.2 Å². The van der Waals surface area contributed by atoms with Crippen LogP contribution in [0.2, 0.25) is 0 Å². The van der Waals surface area contributed by atoms with Crippen LogP contribution in [0, 0.1) is 0 Å². The molecule has 25 heavy (non-hydrogen) atoms. The van der Waals surface area contributed by atoms with Crippen molar-refractivity contribution in [3.8, 4) is 0 Å². The molecule has 0 bridgehead atoms. The summed E-state index contributed by atoms with van der Waals surface area (Å²) in [5.41, 5.74) is 2.91. The van der Waals surface area contributed by atoms with Crippen LogP contribution in [-0.4, -0.2) is 38.8 Å². The summed E-state index contributed by atoms with van der Waals surface area (Å²) in [6, 6.07) is 7.75. The predicted octanol–water partition coefficient (Wildman–Crippen LogP) is -0.108. The molecule has 3 aromatic rings. The summed E-state index contributed by atoms with van der Waals surface area (Å²) in [6.07, 6.45) is 3.43. The zero-order valence-electron chi connectivity index (χ0n) is 13.0. The molecule has 0 spiro atoms. The van der Waals surface area contributed by atoms with Crippen molar-refractivity contribution in [3.63, 3.8) is 0 Å². The SMILES string of the molecule is O=C(CCNc1n[nH]c(=O)[nH]c1=O)N/N=C/c1c[nH]c2ccccc12. The maximum atomic E-state index is 11.7. The number of nitrogens with zero attached hydrogens (tertiary/aromatic N) is 2. The Bertz CT molecular complexity index is 1030. The number of aromatic amines is 3. The highest BCUT2D eigenvalue weighted by atomic mass is 16.2. The summed E-state index contributed by atoms with van der Waals surface area (Å²) in [4.78, 5) is 39.1. The van der Waals surface area contributed by atoms with Crippen LogP contribution >= 0.6 is 0 Å². The van der Waals surface area contributed by atoms with E-state index in [0.717, 1.165) is 16.5 Å². The van der Waals surface area contributed by atoms with Gasteiger partial charge in [0.15, 0.2) is 0 Å². The van der Waals surface area contributed by atoms with Gasteiger partial charge in [-0.05, 0) is 6.07 Å². The van der Waals surface area contributed by atoms with Crippen molar-refractivity contribution >= 4 is 28.8 Å². The average molecular weight is 341 g/mol. The van der Waals surface area contributed by atoms with E-state index in [1.165, 1.54) is 0 Å². The van der Waals surface area contributed by atoms with Gasteiger partial charge >= 0.3 is 5.69 Å². The minimum atomic E-state index is -0.695. The number of hydrogen-bond donors (Lipinski definition) is 5. The van der Waals surface area contributed by atoms with Gasteiger partial charge in [-0.25, -0.2) is 15.3 Å². The largest absolute Gasteiger partial charge is 0.364 e. The van der Waals surface area contributed by atoms with Crippen molar-refractivity contribution in [1.29, 1.82) is 0 Å². The number of rotatable bonds is 6. The highest BCUT2D eigenvalue weighted by Gasteiger charge is 2.04. The Morgan fingerprint density at radius 3 is 2.96 bits per heavy atom. The molecule has 0 fully saturated rings. The minimum Gasteiger partial charge on any atom is -0.364 e. The van der Waals surface area contributed by atoms with Gasteiger partial charge < -0.3 is 10.3 Å². The van der Waals surface area contributed by atoms with Crippen LogP contribution in [-0.2, 0) is 4.79 Å². The molecule has 1 amide bonds. The van der Waals surface area contributed by atoms with E-state index in [-0.39, 0.29) is 24.7 Å². The van der Waals surface area contributed by atoms with Gasteiger partial charge in [0.25, 0.3) is 5.56 Å². The standard InChI is InChI=1S/C15H15N7O3/c23-12(5-6-16-13-14(24)19-15(25)22-21-13)20-18-8-9-7-17-11-4-2-1-3-10(9)11/h1-4,7-8,17H,5-6H2,(H,16,21)(H,20,23)(H2,19,22,24,25)/b18-8+. The molecule has 2 aromatic heterocycles. The molecule has 0 aliphatic carbocycles. The normalized spacial score (nSPS) is 11.0. The molecular formula is C15H15N7O3. The molecule has 0 saturated heterocycles. The van der Waals surface area contributed by atoms with E-state index in [9.17, 15) is 14.4 Å². The Hall–Kier alpha value is -3.69. The first kappa shape index (κ1) is 16.2. The van der Waals surface area contributed by atoms with E-state index in [2.05, 4.69) is 31.0 Å². The third-order valence-electron chi connectivity index (χ3n) is 3.37. The quantitative estimate of drug-likeness (QED) is 0.313. The molecule has 1 aromatic carbocycles. The van der Waals surface area contributed by atoms with Gasteiger partial charge in [0.2, 0.25) is 11.7 Å². The van der Waals surface area contributed by atoms with Crippen LogP contribution in [0.3, 0.4) is 0 Å². The lowest BCUT2D eigenvalue weighted by Crippen LogP contribution is -2.28. The molecule has 0 aliphatic heterocycles.